The lowest BCUT2D eigenvalue weighted by atomic mass is 10.0. The van der Waals surface area contributed by atoms with Crippen LogP contribution in [0.4, 0.5) is 34.1 Å². The number of thiophene rings is 1. The SMILES string of the molecule is c1ccc(-c2ccc(N(c3ccc4ccccc4c3)c3c(N(c4ccccc4)c4cccc5sc6ccccc6c45)ccc4c3oc3ccc5ccccc5c34)cc2)cc1. The third-order valence-corrected chi connectivity index (χ3v) is 12.9. The fourth-order valence-electron chi connectivity index (χ4n) is 9.07. The zero-order valence-electron chi connectivity index (χ0n) is 32.5. The molecule has 0 saturated carbocycles. The van der Waals surface area contributed by atoms with E-state index in [2.05, 4.69) is 228 Å². The molecule has 0 radical (unpaired) electrons. The van der Waals surface area contributed by atoms with Crippen molar-refractivity contribution >= 4 is 109 Å². The maximum atomic E-state index is 7.24. The van der Waals surface area contributed by atoms with Gasteiger partial charge in [0.1, 0.15) is 11.3 Å². The number of nitrogens with zero attached hydrogens (tertiary/aromatic N) is 2. The summed E-state index contributed by atoms with van der Waals surface area (Å²) in [5, 5.41) is 9.37. The lowest BCUT2D eigenvalue weighted by Crippen LogP contribution is -2.17. The fraction of sp³-hybridized carbons (Fsp3) is 0. The molecule has 282 valence electrons. The molecular weight excluding hydrogens is 749 g/mol. The molecule has 12 rings (SSSR count). The zero-order valence-corrected chi connectivity index (χ0v) is 33.3. The lowest BCUT2D eigenvalue weighted by molar-refractivity contribution is 0.669. The Kier molecular flexibility index (Phi) is 8.03. The van der Waals surface area contributed by atoms with Gasteiger partial charge in [0.2, 0.25) is 0 Å². The van der Waals surface area contributed by atoms with E-state index < -0.39 is 0 Å². The van der Waals surface area contributed by atoms with Gasteiger partial charge in [-0.3, -0.25) is 0 Å². The molecule has 0 saturated heterocycles. The molecule has 3 nitrogen and oxygen atoms in total. The van der Waals surface area contributed by atoms with E-state index in [-0.39, 0.29) is 0 Å². The Morgan fingerprint density at radius 3 is 1.82 bits per heavy atom. The van der Waals surface area contributed by atoms with Crippen LogP contribution in [0.5, 0.6) is 0 Å². The van der Waals surface area contributed by atoms with Gasteiger partial charge in [0, 0.05) is 48.0 Å². The molecule has 0 bridgehead atoms. The molecule has 0 aliphatic rings. The largest absolute Gasteiger partial charge is 0.454 e. The fourth-order valence-corrected chi connectivity index (χ4v) is 10.2. The molecule has 0 unspecified atom stereocenters. The van der Waals surface area contributed by atoms with Crippen LogP contribution >= 0.6 is 11.3 Å². The van der Waals surface area contributed by atoms with Gasteiger partial charge in [0.25, 0.3) is 0 Å². The molecule has 12 aromatic rings. The van der Waals surface area contributed by atoms with Crippen molar-refractivity contribution in [1.29, 1.82) is 0 Å². The predicted molar refractivity (Wildman–Crippen MR) is 256 cm³/mol. The van der Waals surface area contributed by atoms with Crippen molar-refractivity contribution in [2.45, 2.75) is 0 Å². The van der Waals surface area contributed by atoms with E-state index in [9.17, 15) is 0 Å². The van der Waals surface area contributed by atoms with Gasteiger partial charge in [-0.25, -0.2) is 0 Å². The van der Waals surface area contributed by atoms with E-state index in [0.29, 0.717) is 0 Å². The molecule has 0 amide bonds. The van der Waals surface area contributed by atoms with Gasteiger partial charge >= 0.3 is 0 Å². The molecule has 0 aliphatic carbocycles. The number of hydrogen-bond acceptors (Lipinski definition) is 4. The van der Waals surface area contributed by atoms with Crippen molar-refractivity contribution in [2.75, 3.05) is 9.80 Å². The van der Waals surface area contributed by atoms with Crippen molar-refractivity contribution < 1.29 is 4.42 Å². The van der Waals surface area contributed by atoms with E-state index >= 15 is 0 Å². The Hall–Kier alpha value is -7.66. The first-order valence-corrected chi connectivity index (χ1v) is 21.2. The maximum Gasteiger partial charge on any atom is 0.161 e. The van der Waals surface area contributed by atoms with Crippen molar-refractivity contribution in [1.82, 2.24) is 0 Å². The normalized spacial score (nSPS) is 11.7. The minimum absolute atomic E-state index is 0.822. The summed E-state index contributed by atoms with van der Waals surface area (Å²) in [5.74, 6) is 0. The Labute approximate surface area is 351 Å². The van der Waals surface area contributed by atoms with Crippen molar-refractivity contribution in [3.8, 4) is 11.1 Å². The zero-order chi connectivity index (χ0) is 39.6. The highest BCUT2D eigenvalue weighted by Crippen LogP contribution is 2.53. The molecule has 2 aromatic heterocycles. The number of fused-ring (bicyclic) bond motifs is 9. The van der Waals surface area contributed by atoms with Crippen molar-refractivity contribution in [3.05, 3.63) is 218 Å². The lowest BCUT2D eigenvalue weighted by Gasteiger charge is -2.33. The third kappa shape index (κ3) is 5.57. The van der Waals surface area contributed by atoms with E-state index in [1.165, 1.54) is 47.3 Å². The smallest absolute Gasteiger partial charge is 0.161 e. The number of rotatable bonds is 7. The number of furan rings is 1. The second kappa shape index (κ2) is 14.0. The highest BCUT2D eigenvalue weighted by molar-refractivity contribution is 7.26. The van der Waals surface area contributed by atoms with Crippen molar-refractivity contribution in [3.63, 3.8) is 0 Å². The summed E-state index contributed by atoms with van der Waals surface area (Å²) < 4.78 is 9.75. The first-order valence-electron chi connectivity index (χ1n) is 20.3. The molecule has 10 aromatic carbocycles. The van der Waals surface area contributed by atoms with Crippen LogP contribution in [-0.4, -0.2) is 0 Å². The van der Waals surface area contributed by atoms with Crippen molar-refractivity contribution in [2.24, 2.45) is 0 Å². The molecule has 0 atom stereocenters. The van der Waals surface area contributed by atoms with Gasteiger partial charge in [-0.05, 0) is 105 Å². The van der Waals surface area contributed by atoms with Gasteiger partial charge in [-0.15, -0.1) is 11.3 Å². The van der Waals surface area contributed by atoms with Gasteiger partial charge in [0.05, 0.1) is 11.4 Å². The summed E-state index contributed by atoms with van der Waals surface area (Å²) in [6.45, 7) is 0. The minimum Gasteiger partial charge on any atom is -0.454 e. The third-order valence-electron chi connectivity index (χ3n) is 11.8. The van der Waals surface area contributed by atoms with Gasteiger partial charge in [0.15, 0.2) is 5.58 Å². The molecule has 0 fully saturated rings. The first kappa shape index (κ1) is 34.4. The molecule has 0 N–H and O–H groups in total. The number of anilines is 6. The number of para-hydroxylation sites is 1. The molecular formula is C56H36N2OS. The monoisotopic (exact) mass is 784 g/mol. The molecule has 60 heavy (non-hydrogen) atoms. The second-order valence-corrected chi connectivity index (χ2v) is 16.4. The number of benzene rings is 10. The summed E-state index contributed by atoms with van der Waals surface area (Å²) in [6.07, 6.45) is 0. The van der Waals surface area contributed by atoms with Crippen LogP contribution in [0, 0.1) is 0 Å². The summed E-state index contributed by atoms with van der Waals surface area (Å²) in [6, 6.07) is 78.7. The van der Waals surface area contributed by atoms with E-state index in [0.717, 1.165) is 61.6 Å². The van der Waals surface area contributed by atoms with Crippen LogP contribution in [0.3, 0.4) is 0 Å². The summed E-state index contributed by atoms with van der Waals surface area (Å²) in [7, 11) is 0. The van der Waals surface area contributed by atoms with E-state index in [1.807, 2.05) is 11.3 Å². The molecule has 4 heteroatoms. The highest BCUT2D eigenvalue weighted by Gasteiger charge is 2.29. The summed E-state index contributed by atoms with van der Waals surface area (Å²) in [4.78, 5) is 4.85. The topological polar surface area (TPSA) is 19.6 Å². The van der Waals surface area contributed by atoms with Crippen LogP contribution < -0.4 is 9.80 Å². The van der Waals surface area contributed by atoms with Crippen LogP contribution in [-0.2, 0) is 0 Å². The van der Waals surface area contributed by atoms with Crippen LogP contribution in [0.1, 0.15) is 0 Å². The Balaban J connectivity index is 1.22. The van der Waals surface area contributed by atoms with Gasteiger partial charge in [-0.1, -0.05) is 146 Å². The van der Waals surface area contributed by atoms with Crippen LogP contribution in [0.25, 0.3) is 74.8 Å². The van der Waals surface area contributed by atoms with Crippen LogP contribution in [0.15, 0.2) is 223 Å². The Morgan fingerprint density at radius 1 is 0.350 bits per heavy atom. The summed E-state index contributed by atoms with van der Waals surface area (Å²) >= 11 is 1.84. The Bertz CT molecular complexity index is 3550. The average Bonchev–Trinajstić information content (AvgIpc) is 3.90. The number of hydrogen-bond donors (Lipinski definition) is 0. The molecule has 0 spiro atoms. The Morgan fingerprint density at radius 2 is 0.983 bits per heavy atom. The van der Waals surface area contributed by atoms with Gasteiger partial charge in [-0.2, -0.15) is 0 Å². The van der Waals surface area contributed by atoms with E-state index in [4.69, 9.17) is 4.42 Å². The van der Waals surface area contributed by atoms with E-state index in [1.54, 1.807) is 0 Å². The van der Waals surface area contributed by atoms with Crippen LogP contribution in [0.2, 0.25) is 0 Å². The molecule has 2 heterocycles. The predicted octanol–water partition coefficient (Wildman–Crippen LogP) is 16.9. The quantitative estimate of drug-likeness (QED) is 0.160. The molecule has 0 aliphatic heterocycles. The highest BCUT2D eigenvalue weighted by atomic mass is 32.1. The summed E-state index contributed by atoms with van der Waals surface area (Å²) in [5.41, 5.74) is 10.2. The first-order chi connectivity index (χ1) is 29.8. The standard InChI is InChI=1S/C56H36N2OS/c1-3-14-37(15-4-1)39-26-30-43(31-27-39)57(44-32-28-38-16-7-8-18-41(38)36-44)55-49(34-33-47-53-45-21-10-9-17-40(45)29-35-50(53)59-56(47)55)58(42-19-5-2-6-20-42)48-23-13-25-52-54(48)46-22-11-12-24-51(46)60-52/h1-36H. The van der Waals surface area contributed by atoms with Gasteiger partial charge < -0.3 is 14.2 Å². The average molecular weight is 785 g/mol. The minimum atomic E-state index is 0.822. The maximum absolute atomic E-state index is 7.24. The second-order valence-electron chi connectivity index (χ2n) is 15.3.